The molecular formula is C19H34O2. The molecule has 0 heterocycles. The molecule has 122 valence electrons. The number of esters is 1. The normalized spacial score (nSPS) is 17.2. The minimum atomic E-state index is 0.00461. The van der Waals surface area contributed by atoms with Gasteiger partial charge >= 0.3 is 5.97 Å². The Hall–Kier alpha value is -0.790. The summed E-state index contributed by atoms with van der Waals surface area (Å²) in [4.78, 5) is 12.0. The molecule has 0 saturated heterocycles. The van der Waals surface area contributed by atoms with Crippen molar-refractivity contribution in [3.8, 4) is 0 Å². The first-order valence-corrected chi connectivity index (χ1v) is 9.14. The molecule has 0 aromatic heterocycles. The van der Waals surface area contributed by atoms with Crippen molar-refractivity contribution in [2.24, 2.45) is 5.92 Å². The Morgan fingerprint density at radius 3 is 1.86 bits per heavy atom. The van der Waals surface area contributed by atoms with Crippen LogP contribution in [-0.4, -0.2) is 12.6 Å². The van der Waals surface area contributed by atoms with Crippen LogP contribution in [0.15, 0.2) is 11.1 Å². The molecule has 1 rings (SSSR count). The lowest BCUT2D eigenvalue weighted by molar-refractivity contribution is -0.144. The van der Waals surface area contributed by atoms with Gasteiger partial charge in [0.2, 0.25) is 0 Å². The zero-order chi connectivity index (χ0) is 15.5. The maximum atomic E-state index is 12.0. The second-order valence-electron chi connectivity index (χ2n) is 6.21. The fourth-order valence-corrected chi connectivity index (χ4v) is 3.10. The minimum absolute atomic E-state index is 0.00461. The molecule has 0 bridgehead atoms. The van der Waals surface area contributed by atoms with E-state index in [4.69, 9.17) is 4.74 Å². The molecule has 0 aromatic carbocycles. The maximum Gasteiger partial charge on any atom is 0.317 e. The lowest BCUT2D eigenvalue weighted by Crippen LogP contribution is -2.09. The zero-order valence-electron chi connectivity index (χ0n) is 14.4. The molecule has 0 spiro atoms. The van der Waals surface area contributed by atoms with Crippen LogP contribution >= 0.6 is 0 Å². The molecule has 0 fully saturated rings. The smallest absolute Gasteiger partial charge is 0.317 e. The first kappa shape index (κ1) is 18.3. The number of rotatable bonds is 13. The van der Waals surface area contributed by atoms with Crippen LogP contribution in [0.2, 0.25) is 0 Å². The first-order valence-electron chi connectivity index (χ1n) is 9.14. The zero-order valence-corrected chi connectivity index (χ0v) is 14.4. The van der Waals surface area contributed by atoms with Gasteiger partial charge in [0.25, 0.3) is 0 Å². The molecule has 21 heavy (non-hydrogen) atoms. The maximum absolute atomic E-state index is 12.0. The molecule has 0 radical (unpaired) electrons. The van der Waals surface area contributed by atoms with E-state index in [9.17, 15) is 4.79 Å². The summed E-state index contributed by atoms with van der Waals surface area (Å²) in [6.45, 7) is 6.87. The van der Waals surface area contributed by atoms with Crippen LogP contribution in [-0.2, 0) is 9.53 Å². The number of unbranched alkanes of at least 4 members (excludes halogenated alkanes) is 7. The summed E-state index contributed by atoms with van der Waals surface area (Å²) < 4.78 is 5.21. The highest BCUT2D eigenvalue weighted by Gasteiger charge is 2.41. The van der Waals surface area contributed by atoms with Gasteiger partial charge in [0, 0.05) is 0 Å². The Bertz CT molecular complexity index is 330. The Balaban J connectivity index is 2.29. The van der Waals surface area contributed by atoms with Gasteiger partial charge in [0.1, 0.15) is 0 Å². The summed E-state index contributed by atoms with van der Waals surface area (Å²) in [5.74, 6) is 0.0717. The van der Waals surface area contributed by atoms with Crippen molar-refractivity contribution in [3.63, 3.8) is 0 Å². The van der Waals surface area contributed by atoms with E-state index < -0.39 is 0 Å². The third-order valence-electron chi connectivity index (χ3n) is 4.40. The van der Waals surface area contributed by atoms with Crippen LogP contribution in [0.5, 0.6) is 0 Å². The fourth-order valence-electron chi connectivity index (χ4n) is 3.10. The van der Waals surface area contributed by atoms with Gasteiger partial charge in [-0.3, -0.25) is 4.79 Å². The van der Waals surface area contributed by atoms with Crippen molar-refractivity contribution in [1.29, 1.82) is 0 Å². The lowest BCUT2D eigenvalue weighted by Gasteiger charge is -2.03. The highest BCUT2D eigenvalue weighted by Crippen LogP contribution is 2.46. The highest BCUT2D eigenvalue weighted by atomic mass is 16.5. The minimum Gasteiger partial charge on any atom is -0.465 e. The number of ether oxygens (including phenoxy) is 1. The van der Waals surface area contributed by atoms with E-state index in [2.05, 4.69) is 13.8 Å². The predicted molar refractivity (Wildman–Crippen MR) is 89.3 cm³/mol. The third kappa shape index (κ3) is 6.67. The largest absolute Gasteiger partial charge is 0.465 e. The van der Waals surface area contributed by atoms with Gasteiger partial charge in [-0.05, 0) is 32.6 Å². The number of hydrogen-bond acceptors (Lipinski definition) is 2. The van der Waals surface area contributed by atoms with E-state index in [-0.39, 0.29) is 11.9 Å². The fraction of sp³-hybridized carbons (Fsp3) is 0.842. The molecule has 0 aromatic rings. The van der Waals surface area contributed by atoms with Crippen LogP contribution in [0, 0.1) is 5.92 Å². The van der Waals surface area contributed by atoms with Crippen LogP contribution < -0.4 is 0 Å². The molecule has 0 amide bonds. The second-order valence-corrected chi connectivity index (χ2v) is 6.21. The average molecular weight is 294 g/mol. The van der Waals surface area contributed by atoms with E-state index in [1.165, 1.54) is 68.9 Å². The third-order valence-corrected chi connectivity index (χ3v) is 4.40. The molecule has 2 nitrogen and oxygen atoms in total. The molecule has 0 N–H and O–H groups in total. The van der Waals surface area contributed by atoms with Crippen LogP contribution in [0.4, 0.5) is 0 Å². The summed E-state index contributed by atoms with van der Waals surface area (Å²) in [6, 6.07) is 0. The van der Waals surface area contributed by atoms with Crippen molar-refractivity contribution in [2.45, 2.75) is 91.4 Å². The van der Waals surface area contributed by atoms with Gasteiger partial charge in [-0.15, -0.1) is 0 Å². The molecule has 2 heteroatoms. The standard InChI is InChI=1S/C19H34O2/c1-4-7-9-10-11-13-15-17-16(14-12-8-5-2)18(17)19(20)21-6-3/h18H,4-15H2,1-3H3. The van der Waals surface area contributed by atoms with E-state index in [1.54, 1.807) is 0 Å². The van der Waals surface area contributed by atoms with E-state index >= 15 is 0 Å². The van der Waals surface area contributed by atoms with Crippen LogP contribution in [0.1, 0.15) is 91.4 Å². The van der Waals surface area contributed by atoms with Crippen LogP contribution in [0.25, 0.3) is 0 Å². The number of carbonyl (C=O) groups excluding carboxylic acids is 1. The molecule has 0 aliphatic heterocycles. The number of hydrogen-bond donors (Lipinski definition) is 0. The van der Waals surface area contributed by atoms with Crippen molar-refractivity contribution < 1.29 is 9.53 Å². The average Bonchev–Trinajstić information content (AvgIpc) is 3.16. The van der Waals surface area contributed by atoms with Crippen molar-refractivity contribution >= 4 is 5.97 Å². The van der Waals surface area contributed by atoms with Crippen molar-refractivity contribution in [2.75, 3.05) is 6.61 Å². The van der Waals surface area contributed by atoms with E-state index in [0.29, 0.717) is 6.61 Å². The summed E-state index contributed by atoms with van der Waals surface area (Å²) in [5, 5.41) is 0. The molecule has 1 aliphatic carbocycles. The second kappa shape index (κ2) is 10.9. The molecule has 0 saturated carbocycles. The predicted octanol–water partition coefficient (Wildman–Crippen LogP) is 5.81. The number of carbonyl (C=O) groups is 1. The highest BCUT2D eigenvalue weighted by molar-refractivity contribution is 5.85. The summed E-state index contributed by atoms with van der Waals surface area (Å²) in [5.41, 5.74) is 2.83. The van der Waals surface area contributed by atoms with Gasteiger partial charge in [-0.1, -0.05) is 69.9 Å². The van der Waals surface area contributed by atoms with Gasteiger partial charge in [0.15, 0.2) is 0 Å². The van der Waals surface area contributed by atoms with E-state index in [1.807, 2.05) is 6.92 Å². The Kier molecular flexibility index (Phi) is 9.45. The molecule has 1 unspecified atom stereocenters. The monoisotopic (exact) mass is 294 g/mol. The van der Waals surface area contributed by atoms with Gasteiger partial charge < -0.3 is 4.74 Å². The van der Waals surface area contributed by atoms with Gasteiger partial charge in [0.05, 0.1) is 12.5 Å². The van der Waals surface area contributed by atoms with E-state index in [0.717, 1.165) is 12.8 Å². The molecule has 1 aliphatic rings. The summed E-state index contributed by atoms with van der Waals surface area (Å²) >= 11 is 0. The SMILES string of the molecule is CCCCCCCCC1=C(CCCCC)C1C(=O)OCC. The molecule has 1 atom stereocenters. The summed E-state index contributed by atoms with van der Waals surface area (Å²) in [7, 11) is 0. The van der Waals surface area contributed by atoms with Gasteiger partial charge in [-0.2, -0.15) is 0 Å². The Morgan fingerprint density at radius 1 is 0.810 bits per heavy atom. The van der Waals surface area contributed by atoms with Gasteiger partial charge in [-0.25, -0.2) is 0 Å². The Morgan fingerprint density at radius 2 is 1.29 bits per heavy atom. The molecular weight excluding hydrogens is 260 g/mol. The summed E-state index contributed by atoms with van der Waals surface area (Å²) in [6.07, 6.45) is 13.9. The topological polar surface area (TPSA) is 26.3 Å². The quantitative estimate of drug-likeness (QED) is 0.243. The Labute approximate surface area is 131 Å². The first-order chi connectivity index (χ1) is 10.3. The van der Waals surface area contributed by atoms with Crippen molar-refractivity contribution in [3.05, 3.63) is 11.1 Å². The van der Waals surface area contributed by atoms with Crippen LogP contribution in [0.3, 0.4) is 0 Å². The lowest BCUT2D eigenvalue weighted by atomic mass is 10.1. The van der Waals surface area contributed by atoms with Crippen molar-refractivity contribution in [1.82, 2.24) is 0 Å².